The second-order valence-electron chi connectivity index (χ2n) is 6.13. The van der Waals surface area contributed by atoms with E-state index in [0.29, 0.717) is 12.8 Å². The number of hydrogen-bond donors (Lipinski definition) is 1. The molecule has 24 heavy (non-hydrogen) atoms. The fraction of sp³-hybridized carbons (Fsp3) is 0.263. The molecule has 2 aromatic heterocycles. The van der Waals surface area contributed by atoms with Crippen LogP contribution in [0.4, 0.5) is 5.69 Å². The summed E-state index contributed by atoms with van der Waals surface area (Å²) in [6.45, 7) is 1.56. The molecule has 0 radical (unpaired) electrons. The number of piperidine rings is 1. The summed E-state index contributed by atoms with van der Waals surface area (Å²) in [4.78, 5) is 18.3. The van der Waals surface area contributed by atoms with Crippen LogP contribution in [0.15, 0.2) is 47.8 Å². The van der Waals surface area contributed by atoms with E-state index in [1.165, 1.54) is 10.4 Å². The SMILES string of the molecule is O=C(O)C1CCN(c2cc(-c3ccccc3)nc3ccsc23)CC1. The third-order valence-electron chi connectivity index (χ3n) is 4.65. The van der Waals surface area contributed by atoms with Crippen LogP contribution < -0.4 is 4.90 Å². The average molecular weight is 338 g/mol. The third kappa shape index (κ3) is 2.76. The van der Waals surface area contributed by atoms with E-state index in [0.717, 1.165) is 29.9 Å². The van der Waals surface area contributed by atoms with Crippen LogP contribution in [0.1, 0.15) is 12.8 Å². The summed E-state index contributed by atoms with van der Waals surface area (Å²) >= 11 is 1.70. The van der Waals surface area contributed by atoms with Gasteiger partial charge in [-0.3, -0.25) is 4.79 Å². The lowest BCUT2D eigenvalue weighted by Gasteiger charge is -2.32. The number of fused-ring (bicyclic) bond motifs is 1. The molecular weight excluding hydrogens is 320 g/mol. The van der Waals surface area contributed by atoms with E-state index in [9.17, 15) is 9.90 Å². The van der Waals surface area contributed by atoms with Crippen LogP contribution in [0.25, 0.3) is 21.5 Å². The lowest BCUT2D eigenvalue weighted by atomic mass is 9.96. The molecule has 0 bridgehead atoms. The first kappa shape index (κ1) is 15.1. The maximum Gasteiger partial charge on any atom is 0.306 e. The molecule has 1 fully saturated rings. The summed E-state index contributed by atoms with van der Waals surface area (Å²) in [7, 11) is 0. The number of carbonyl (C=O) groups is 1. The smallest absolute Gasteiger partial charge is 0.306 e. The number of rotatable bonds is 3. The van der Waals surface area contributed by atoms with Gasteiger partial charge >= 0.3 is 5.97 Å². The topological polar surface area (TPSA) is 53.4 Å². The summed E-state index contributed by atoms with van der Waals surface area (Å²) in [5.74, 6) is -0.883. The largest absolute Gasteiger partial charge is 0.481 e. The molecule has 1 aliphatic rings. The Labute approximate surface area is 144 Å². The van der Waals surface area contributed by atoms with E-state index < -0.39 is 5.97 Å². The van der Waals surface area contributed by atoms with Gasteiger partial charge in [-0.1, -0.05) is 30.3 Å². The molecule has 1 N–H and O–H groups in total. The van der Waals surface area contributed by atoms with Crippen LogP contribution in [-0.4, -0.2) is 29.1 Å². The lowest BCUT2D eigenvalue weighted by Crippen LogP contribution is -2.36. The summed E-state index contributed by atoms with van der Waals surface area (Å²) in [6, 6.07) is 14.4. The minimum absolute atomic E-state index is 0.212. The Bertz CT molecular complexity index is 867. The highest BCUT2D eigenvalue weighted by Crippen LogP contribution is 2.36. The molecule has 1 aromatic carbocycles. The normalized spacial score (nSPS) is 15.8. The molecule has 3 aromatic rings. The van der Waals surface area contributed by atoms with Gasteiger partial charge in [-0.2, -0.15) is 0 Å². The van der Waals surface area contributed by atoms with E-state index >= 15 is 0 Å². The number of carboxylic acids is 1. The van der Waals surface area contributed by atoms with Gasteiger partial charge in [0.2, 0.25) is 0 Å². The van der Waals surface area contributed by atoms with Crippen LogP contribution in [-0.2, 0) is 4.79 Å². The number of hydrogen-bond acceptors (Lipinski definition) is 4. The van der Waals surface area contributed by atoms with Crippen LogP contribution >= 0.6 is 11.3 Å². The predicted octanol–water partition coefficient (Wildman–Crippen LogP) is 4.26. The molecule has 0 spiro atoms. The number of thiophene rings is 1. The first-order chi connectivity index (χ1) is 11.7. The molecule has 5 heteroatoms. The predicted molar refractivity (Wildman–Crippen MR) is 97.6 cm³/mol. The summed E-state index contributed by atoms with van der Waals surface area (Å²) in [6.07, 6.45) is 1.40. The summed E-state index contributed by atoms with van der Waals surface area (Å²) in [5.41, 5.74) is 4.26. The van der Waals surface area contributed by atoms with Gasteiger partial charge in [-0.25, -0.2) is 4.98 Å². The Balaban J connectivity index is 1.72. The first-order valence-electron chi connectivity index (χ1n) is 8.14. The second-order valence-corrected chi connectivity index (χ2v) is 7.04. The van der Waals surface area contributed by atoms with Crippen molar-refractivity contribution < 1.29 is 9.90 Å². The van der Waals surface area contributed by atoms with Crippen LogP contribution in [0.5, 0.6) is 0 Å². The van der Waals surface area contributed by atoms with E-state index in [1.807, 2.05) is 18.2 Å². The Morgan fingerprint density at radius 3 is 2.62 bits per heavy atom. The van der Waals surface area contributed by atoms with Gasteiger partial charge in [0.05, 0.1) is 27.5 Å². The molecule has 122 valence electrons. The van der Waals surface area contributed by atoms with Crippen molar-refractivity contribution in [3.63, 3.8) is 0 Å². The second kappa shape index (κ2) is 6.24. The zero-order chi connectivity index (χ0) is 16.5. The van der Waals surface area contributed by atoms with Gasteiger partial charge in [-0.05, 0) is 30.4 Å². The van der Waals surface area contributed by atoms with Crippen molar-refractivity contribution in [2.24, 2.45) is 5.92 Å². The van der Waals surface area contributed by atoms with Gasteiger partial charge in [0.1, 0.15) is 0 Å². The number of nitrogens with zero attached hydrogens (tertiary/aromatic N) is 2. The Morgan fingerprint density at radius 1 is 1.17 bits per heavy atom. The lowest BCUT2D eigenvalue weighted by molar-refractivity contribution is -0.142. The molecule has 0 saturated carbocycles. The molecule has 0 amide bonds. The fourth-order valence-electron chi connectivity index (χ4n) is 3.30. The maximum atomic E-state index is 11.2. The summed E-state index contributed by atoms with van der Waals surface area (Å²) < 4.78 is 1.18. The van der Waals surface area contributed by atoms with Crippen molar-refractivity contribution in [3.05, 3.63) is 47.8 Å². The monoisotopic (exact) mass is 338 g/mol. The zero-order valence-electron chi connectivity index (χ0n) is 13.2. The van der Waals surface area contributed by atoms with Gasteiger partial charge in [0.25, 0.3) is 0 Å². The molecule has 0 aliphatic carbocycles. The minimum Gasteiger partial charge on any atom is -0.481 e. The molecule has 1 aliphatic heterocycles. The minimum atomic E-state index is -0.671. The molecule has 3 heterocycles. The first-order valence-corrected chi connectivity index (χ1v) is 9.02. The zero-order valence-corrected chi connectivity index (χ0v) is 14.0. The molecule has 1 saturated heterocycles. The number of carboxylic acid groups (broad SMARTS) is 1. The van der Waals surface area contributed by atoms with E-state index in [1.54, 1.807) is 11.3 Å². The average Bonchev–Trinajstić information content (AvgIpc) is 3.10. The Kier molecular flexibility index (Phi) is 3.94. The van der Waals surface area contributed by atoms with Crippen molar-refractivity contribution >= 4 is 33.2 Å². The Hall–Kier alpha value is -2.40. The highest BCUT2D eigenvalue weighted by Gasteiger charge is 2.26. The molecule has 0 unspecified atom stereocenters. The molecule has 0 atom stereocenters. The standard InChI is InChI=1S/C19H18N2O2S/c22-19(23)14-6-9-21(10-7-14)17-12-16(13-4-2-1-3-5-13)20-15-8-11-24-18(15)17/h1-5,8,11-12,14H,6-7,9-10H2,(H,22,23). The van der Waals surface area contributed by atoms with Gasteiger partial charge in [0, 0.05) is 18.7 Å². The number of anilines is 1. The van der Waals surface area contributed by atoms with Crippen molar-refractivity contribution in [2.75, 3.05) is 18.0 Å². The van der Waals surface area contributed by atoms with Crippen molar-refractivity contribution in [2.45, 2.75) is 12.8 Å². The maximum absolute atomic E-state index is 11.2. The van der Waals surface area contributed by atoms with Gasteiger partial charge < -0.3 is 10.0 Å². The van der Waals surface area contributed by atoms with E-state index in [-0.39, 0.29) is 5.92 Å². The van der Waals surface area contributed by atoms with Crippen LogP contribution in [0.3, 0.4) is 0 Å². The van der Waals surface area contributed by atoms with Crippen molar-refractivity contribution in [3.8, 4) is 11.3 Å². The van der Waals surface area contributed by atoms with E-state index in [4.69, 9.17) is 4.98 Å². The third-order valence-corrected chi connectivity index (χ3v) is 5.57. The highest BCUT2D eigenvalue weighted by atomic mass is 32.1. The van der Waals surface area contributed by atoms with Gasteiger partial charge in [0.15, 0.2) is 0 Å². The quantitative estimate of drug-likeness (QED) is 0.775. The van der Waals surface area contributed by atoms with Crippen LogP contribution in [0, 0.1) is 5.92 Å². The summed E-state index contributed by atoms with van der Waals surface area (Å²) in [5, 5.41) is 11.3. The van der Waals surface area contributed by atoms with Crippen molar-refractivity contribution in [1.82, 2.24) is 4.98 Å². The highest BCUT2D eigenvalue weighted by molar-refractivity contribution is 7.17. The Morgan fingerprint density at radius 2 is 1.92 bits per heavy atom. The molecule has 4 nitrogen and oxygen atoms in total. The van der Waals surface area contributed by atoms with E-state index in [2.05, 4.69) is 34.5 Å². The van der Waals surface area contributed by atoms with Crippen molar-refractivity contribution in [1.29, 1.82) is 0 Å². The number of aromatic nitrogens is 1. The van der Waals surface area contributed by atoms with Crippen LogP contribution in [0.2, 0.25) is 0 Å². The van der Waals surface area contributed by atoms with Gasteiger partial charge in [-0.15, -0.1) is 11.3 Å². The number of pyridine rings is 1. The molecular formula is C19H18N2O2S. The number of benzene rings is 1. The molecule has 4 rings (SSSR count). The number of aliphatic carboxylic acids is 1. The fourth-order valence-corrected chi connectivity index (χ4v) is 4.17.